The van der Waals surface area contributed by atoms with Gasteiger partial charge in [-0.05, 0) is 30.3 Å². The van der Waals surface area contributed by atoms with E-state index in [1.54, 1.807) is 55.6 Å². The number of amides is 2. The molecule has 0 unspecified atom stereocenters. The van der Waals surface area contributed by atoms with Crippen LogP contribution in [0.4, 0.5) is 5.69 Å². The molecule has 0 aliphatic heterocycles. The fourth-order valence-electron chi connectivity index (χ4n) is 1.86. The maximum atomic E-state index is 12.1. The van der Waals surface area contributed by atoms with Gasteiger partial charge in [0.2, 0.25) is 5.91 Å². The molecule has 0 saturated carbocycles. The Kier molecular flexibility index (Phi) is 4.95. The van der Waals surface area contributed by atoms with Crippen LogP contribution in [-0.2, 0) is 4.79 Å². The summed E-state index contributed by atoms with van der Waals surface area (Å²) in [5.41, 5.74) is 1.16. The van der Waals surface area contributed by atoms with Crippen LogP contribution in [0.3, 0.4) is 0 Å². The number of halogens is 1. The molecule has 0 heterocycles. The SMILES string of the molecule is CN(CC(=O)Nc1cccc(Cl)c1)C(=O)c1ccccc1. The van der Waals surface area contributed by atoms with Crippen LogP contribution in [0.2, 0.25) is 5.02 Å². The third-order valence-electron chi connectivity index (χ3n) is 2.86. The Balaban J connectivity index is 1.95. The summed E-state index contributed by atoms with van der Waals surface area (Å²) in [4.78, 5) is 25.4. The summed E-state index contributed by atoms with van der Waals surface area (Å²) in [5, 5.41) is 3.25. The van der Waals surface area contributed by atoms with E-state index in [-0.39, 0.29) is 18.4 Å². The molecule has 5 heteroatoms. The second kappa shape index (κ2) is 6.90. The zero-order valence-corrected chi connectivity index (χ0v) is 12.3. The number of likely N-dealkylation sites (N-methyl/N-ethyl adjacent to an activating group) is 1. The maximum absolute atomic E-state index is 12.1. The molecule has 0 atom stereocenters. The van der Waals surface area contributed by atoms with Gasteiger partial charge in [-0.15, -0.1) is 0 Å². The summed E-state index contributed by atoms with van der Waals surface area (Å²) in [6.07, 6.45) is 0. The van der Waals surface area contributed by atoms with Gasteiger partial charge in [0.05, 0.1) is 6.54 Å². The first-order valence-electron chi connectivity index (χ1n) is 6.42. The van der Waals surface area contributed by atoms with Gasteiger partial charge >= 0.3 is 0 Å². The minimum Gasteiger partial charge on any atom is -0.332 e. The quantitative estimate of drug-likeness (QED) is 0.943. The minimum atomic E-state index is -0.274. The summed E-state index contributed by atoms with van der Waals surface area (Å²) in [6, 6.07) is 15.7. The lowest BCUT2D eigenvalue weighted by molar-refractivity contribution is -0.116. The van der Waals surface area contributed by atoms with Crippen LogP contribution in [0.1, 0.15) is 10.4 Å². The predicted octanol–water partition coefficient (Wildman–Crippen LogP) is 3.05. The number of anilines is 1. The monoisotopic (exact) mass is 302 g/mol. The largest absolute Gasteiger partial charge is 0.332 e. The van der Waals surface area contributed by atoms with E-state index in [0.717, 1.165) is 0 Å². The Morgan fingerprint density at radius 1 is 1.10 bits per heavy atom. The van der Waals surface area contributed by atoms with Crippen LogP contribution in [0.15, 0.2) is 54.6 Å². The number of carbonyl (C=O) groups excluding carboxylic acids is 2. The zero-order valence-electron chi connectivity index (χ0n) is 11.5. The van der Waals surface area contributed by atoms with Crippen LogP contribution < -0.4 is 5.32 Å². The standard InChI is InChI=1S/C16H15ClN2O2/c1-19(16(21)12-6-3-2-4-7-12)11-15(20)18-14-9-5-8-13(17)10-14/h2-10H,11H2,1H3,(H,18,20). The fraction of sp³-hybridized carbons (Fsp3) is 0.125. The van der Waals surface area contributed by atoms with Gasteiger partial charge in [-0.25, -0.2) is 0 Å². The van der Waals surface area contributed by atoms with E-state index in [4.69, 9.17) is 11.6 Å². The normalized spacial score (nSPS) is 10.0. The molecule has 0 saturated heterocycles. The van der Waals surface area contributed by atoms with Crippen LogP contribution in [0, 0.1) is 0 Å². The molecule has 2 rings (SSSR count). The molecule has 0 radical (unpaired) electrons. The van der Waals surface area contributed by atoms with Crippen molar-refractivity contribution >= 4 is 29.1 Å². The molecule has 0 spiro atoms. The molecule has 2 aromatic carbocycles. The Bertz CT molecular complexity index is 644. The highest BCUT2D eigenvalue weighted by atomic mass is 35.5. The molecule has 2 aromatic rings. The second-order valence-corrected chi connectivity index (χ2v) is 5.02. The highest BCUT2D eigenvalue weighted by molar-refractivity contribution is 6.30. The molecule has 2 amide bonds. The lowest BCUT2D eigenvalue weighted by Gasteiger charge is -2.16. The minimum absolute atomic E-state index is 0.0275. The van der Waals surface area contributed by atoms with E-state index in [0.29, 0.717) is 16.3 Å². The van der Waals surface area contributed by atoms with Gasteiger partial charge in [0, 0.05) is 23.3 Å². The number of nitrogens with one attached hydrogen (secondary N) is 1. The molecule has 1 N–H and O–H groups in total. The molecular formula is C16H15ClN2O2. The smallest absolute Gasteiger partial charge is 0.254 e. The van der Waals surface area contributed by atoms with Crippen molar-refractivity contribution in [2.45, 2.75) is 0 Å². The molecule has 0 aliphatic carbocycles. The third kappa shape index (κ3) is 4.33. The summed E-state index contributed by atoms with van der Waals surface area (Å²) >= 11 is 5.85. The first kappa shape index (κ1) is 15.1. The van der Waals surface area contributed by atoms with E-state index in [2.05, 4.69) is 5.32 Å². The van der Waals surface area contributed by atoms with Crippen molar-refractivity contribution in [2.75, 3.05) is 18.9 Å². The van der Waals surface area contributed by atoms with Crippen LogP contribution in [0.25, 0.3) is 0 Å². The lowest BCUT2D eigenvalue weighted by atomic mass is 10.2. The molecule has 0 fully saturated rings. The highest BCUT2D eigenvalue weighted by Gasteiger charge is 2.14. The molecular weight excluding hydrogens is 288 g/mol. The number of nitrogens with zero attached hydrogens (tertiary/aromatic N) is 1. The predicted molar refractivity (Wildman–Crippen MR) is 83.5 cm³/mol. The van der Waals surface area contributed by atoms with E-state index < -0.39 is 0 Å². The Morgan fingerprint density at radius 2 is 1.81 bits per heavy atom. The molecule has 0 aliphatic rings. The molecule has 21 heavy (non-hydrogen) atoms. The van der Waals surface area contributed by atoms with Gasteiger partial charge in [0.1, 0.15) is 0 Å². The topological polar surface area (TPSA) is 49.4 Å². The molecule has 0 aromatic heterocycles. The Morgan fingerprint density at radius 3 is 2.48 bits per heavy atom. The van der Waals surface area contributed by atoms with Crippen molar-refractivity contribution in [2.24, 2.45) is 0 Å². The van der Waals surface area contributed by atoms with E-state index in [9.17, 15) is 9.59 Å². The van der Waals surface area contributed by atoms with Gasteiger partial charge in [-0.1, -0.05) is 35.9 Å². The summed E-state index contributed by atoms with van der Waals surface area (Å²) in [6.45, 7) is -0.0275. The first-order chi connectivity index (χ1) is 10.1. The third-order valence-corrected chi connectivity index (χ3v) is 3.09. The molecule has 4 nitrogen and oxygen atoms in total. The molecule has 0 bridgehead atoms. The van der Waals surface area contributed by atoms with Crippen molar-refractivity contribution in [3.05, 3.63) is 65.2 Å². The number of rotatable bonds is 4. The van der Waals surface area contributed by atoms with Crippen molar-refractivity contribution < 1.29 is 9.59 Å². The number of carbonyl (C=O) groups is 2. The second-order valence-electron chi connectivity index (χ2n) is 4.59. The summed E-state index contributed by atoms with van der Waals surface area (Å²) < 4.78 is 0. The maximum Gasteiger partial charge on any atom is 0.254 e. The van der Waals surface area contributed by atoms with Crippen molar-refractivity contribution in [3.8, 4) is 0 Å². The Labute approximate surface area is 128 Å². The van der Waals surface area contributed by atoms with Crippen molar-refractivity contribution in [1.29, 1.82) is 0 Å². The highest BCUT2D eigenvalue weighted by Crippen LogP contribution is 2.14. The summed E-state index contributed by atoms with van der Waals surface area (Å²) in [7, 11) is 1.59. The number of benzene rings is 2. The van der Waals surface area contributed by atoms with Crippen molar-refractivity contribution in [3.63, 3.8) is 0 Å². The van der Waals surface area contributed by atoms with Gasteiger partial charge in [0.25, 0.3) is 5.91 Å². The van der Waals surface area contributed by atoms with Crippen molar-refractivity contribution in [1.82, 2.24) is 4.90 Å². The van der Waals surface area contributed by atoms with Gasteiger partial charge in [-0.3, -0.25) is 9.59 Å². The lowest BCUT2D eigenvalue weighted by Crippen LogP contribution is -2.34. The average molecular weight is 303 g/mol. The zero-order chi connectivity index (χ0) is 15.2. The first-order valence-corrected chi connectivity index (χ1v) is 6.80. The molecule has 108 valence electrons. The fourth-order valence-corrected chi connectivity index (χ4v) is 2.05. The van der Waals surface area contributed by atoms with Crippen LogP contribution in [-0.4, -0.2) is 30.3 Å². The van der Waals surface area contributed by atoms with Crippen LogP contribution >= 0.6 is 11.6 Å². The average Bonchev–Trinajstić information content (AvgIpc) is 2.47. The van der Waals surface area contributed by atoms with Gasteiger partial charge in [0.15, 0.2) is 0 Å². The van der Waals surface area contributed by atoms with Gasteiger partial charge < -0.3 is 10.2 Å². The number of hydrogen-bond acceptors (Lipinski definition) is 2. The van der Waals surface area contributed by atoms with Gasteiger partial charge in [-0.2, -0.15) is 0 Å². The summed E-state index contributed by atoms with van der Waals surface area (Å²) in [5.74, 6) is -0.471. The number of hydrogen-bond donors (Lipinski definition) is 1. The van der Waals surface area contributed by atoms with E-state index >= 15 is 0 Å². The van der Waals surface area contributed by atoms with E-state index in [1.807, 2.05) is 6.07 Å². The Hall–Kier alpha value is -2.33. The van der Waals surface area contributed by atoms with E-state index in [1.165, 1.54) is 4.90 Å². The van der Waals surface area contributed by atoms with Crippen LogP contribution in [0.5, 0.6) is 0 Å².